The van der Waals surface area contributed by atoms with Gasteiger partial charge < -0.3 is 14.8 Å². The fourth-order valence-corrected chi connectivity index (χ4v) is 3.76. The van der Waals surface area contributed by atoms with Gasteiger partial charge in [0, 0.05) is 23.3 Å². The quantitative estimate of drug-likeness (QED) is 0.468. The third-order valence-corrected chi connectivity index (χ3v) is 4.89. The molecule has 1 aliphatic heterocycles. The topological polar surface area (TPSA) is 101 Å². The molecule has 3 aromatic heterocycles. The van der Waals surface area contributed by atoms with Gasteiger partial charge in [-0.2, -0.15) is 0 Å². The van der Waals surface area contributed by atoms with Crippen LogP contribution in [0.3, 0.4) is 0 Å². The Morgan fingerprint density at radius 3 is 2.85 bits per heavy atom. The van der Waals surface area contributed by atoms with E-state index < -0.39 is 6.16 Å². The molecule has 4 aromatic rings. The number of anilines is 2. The summed E-state index contributed by atoms with van der Waals surface area (Å²) in [6.45, 7) is 1.96. The van der Waals surface area contributed by atoms with Crippen LogP contribution < -0.4 is 14.8 Å². The molecule has 0 aliphatic carbocycles. The number of rotatable bonds is 3. The largest absolute Gasteiger partial charge is 0.505 e. The van der Waals surface area contributed by atoms with Gasteiger partial charge in [-0.1, -0.05) is 6.07 Å². The van der Waals surface area contributed by atoms with Gasteiger partial charge in [0.2, 0.25) is 0 Å². The molecule has 4 heterocycles. The number of hydrogen-bond acceptors (Lipinski definition) is 8. The first-order valence-electron chi connectivity index (χ1n) is 8.12. The second-order valence-electron chi connectivity index (χ2n) is 6.05. The molecule has 1 aliphatic rings. The van der Waals surface area contributed by atoms with Crippen LogP contribution in [-0.2, 0) is 0 Å². The minimum absolute atomic E-state index is 0.236. The molecule has 0 saturated heterocycles. The van der Waals surface area contributed by atoms with E-state index in [9.17, 15) is 10.2 Å². The van der Waals surface area contributed by atoms with E-state index in [2.05, 4.69) is 15.3 Å². The molecule has 5 rings (SSSR count). The maximum absolute atomic E-state index is 9.39. The molecule has 27 heavy (non-hydrogen) atoms. The molecule has 1 aromatic carbocycles. The van der Waals surface area contributed by atoms with Gasteiger partial charge in [-0.25, -0.2) is 9.97 Å². The molecule has 0 spiro atoms. The summed E-state index contributed by atoms with van der Waals surface area (Å²) in [5.41, 5.74) is 4.24. The summed E-state index contributed by atoms with van der Waals surface area (Å²) < 4.78 is 11.8. The molecule has 136 valence electrons. The van der Waals surface area contributed by atoms with Crippen molar-refractivity contribution in [2.45, 2.75) is 13.1 Å². The van der Waals surface area contributed by atoms with Crippen molar-refractivity contribution >= 4 is 27.8 Å². The molecule has 9 heteroatoms. The zero-order valence-corrected chi connectivity index (χ0v) is 14.9. The molecular formula is C18H14N4O4S. The second-order valence-corrected chi connectivity index (χ2v) is 6.91. The number of benzene rings is 1. The van der Waals surface area contributed by atoms with Crippen molar-refractivity contribution in [1.82, 2.24) is 14.4 Å². The van der Waals surface area contributed by atoms with Crippen LogP contribution in [0.1, 0.15) is 5.69 Å². The number of hydrogen-bond donors (Lipinski definition) is 3. The number of nitrogens with one attached hydrogen (secondary N) is 1. The van der Waals surface area contributed by atoms with E-state index >= 15 is 0 Å². The Morgan fingerprint density at radius 1 is 1.11 bits per heavy atom. The minimum Gasteiger partial charge on any atom is -0.403 e. The molecule has 0 unspecified atom stereocenters. The Kier molecular flexibility index (Phi) is 3.38. The summed E-state index contributed by atoms with van der Waals surface area (Å²) in [6, 6.07) is 10.8. The van der Waals surface area contributed by atoms with Crippen molar-refractivity contribution in [3.05, 3.63) is 53.7 Å². The number of thiazole rings is 1. The lowest BCUT2D eigenvalue weighted by Crippen LogP contribution is -2.37. The molecule has 8 nitrogen and oxygen atoms in total. The van der Waals surface area contributed by atoms with Crippen molar-refractivity contribution in [2.24, 2.45) is 0 Å². The van der Waals surface area contributed by atoms with E-state index in [1.54, 1.807) is 18.2 Å². The molecule has 0 saturated carbocycles. The molecule has 0 radical (unpaired) electrons. The third-order valence-electron chi connectivity index (χ3n) is 4.13. The van der Waals surface area contributed by atoms with Gasteiger partial charge in [-0.15, -0.1) is 11.3 Å². The Bertz CT molecular complexity index is 1170. The normalized spacial score (nSPS) is 14.6. The highest BCUT2D eigenvalue weighted by Gasteiger charge is 2.38. The number of aliphatic hydroxyl groups is 2. The average Bonchev–Trinajstić information content (AvgIpc) is 3.27. The summed E-state index contributed by atoms with van der Waals surface area (Å²) in [5, 5.41) is 24.6. The first-order chi connectivity index (χ1) is 13.0. The highest BCUT2D eigenvalue weighted by atomic mass is 32.1. The van der Waals surface area contributed by atoms with Crippen molar-refractivity contribution in [1.29, 1.82) is 0 Å². The summed E-state index contributed by atoms with van der Waals surface area (Å²) in [5.74, 6) is 0.492. The lowest BCUT2D eigenvalue weighted by atomic mass is 10.3. The van der Waals surface area contributed by atoms with Crippen LogP contribution in [0.4, 0.5) is 10.8 Å². The Labute approximate surface area is 157 Å². The number of aryl methyl sites for hydroxylation is 1. The average molecular weight is 382 g/mol. The van der Waals surface area contributed by atoms with Crippen LogP contribution in [0.25, 0.3) is 17.0 Å². The Balaban J connectivity index is 1.44. The number of nitrogens with zero attached hydrogens (tertiary/aromatic N) is 3. The summed E-state index contributed by atoms with van der Waals surface area (Å²) in [7, 11) is 0. The van der Waals surface area contributed by atoms with Gasteiger partial charge >= 0.3 is 6.16 Å². The van der Waals surface area contributed by atoms with Gasteiger partial charge in [-0.05, 0) is 31.2 Å². The van der Waals surface area contributed by atoms with E-state index in [0.717, 1.165) is 22.7 Å². The lowest BCUT2D eigenvalue weighted by Gasteiger charge is -2.10. The summed E-state index contributed by atoms with van der Waals surface area (Å²) in [6.07, 6.45) is -0.666. The first-order valence-corrected chi connectivity index (χ1v) is 9.00. The maximum atomic E-state index is 9.39. The Morgan fingerprint density at radius 2 is 1.96 bits per heavy atom. The number of imidazole rings is 1. The number of pyridine rings is 1. The van der Waals surface area contributed by atoms with Gasteiger partial charge in [0.05, 0.1) is 11.4 Å². The molecule has 3 N–H and O–H groups in total. The van der Waals surface area contributed by atoms with Crippen LogP contribution in [0.5, 0.6) is 11.5 Å². The predicted molar refractivity (Wildman–Crippen MR) is 99.2 cm³/mol. The standard InChI is InChI=1S/C18H14N4O4S/c1-10-16(22-7-3-2-4-15(22)19-10)12-9-27-17(21-12)20-11-5-6-13-14(8-11)26-18(23,24)25-13/h2-9,23-24H,1H3,(H,20,21). The van der Waals surface area contributed by atoms with Crippen LogP contribution in [0.15, 0.2) is 48.0 Å². The first kappa shape index (κ1) is 16.1. The van der Waals surface area contributed by atoms with Crippen LogP contribution in [0.2, 0.25) is 0 Å². The van der Waals surface area contributed by atoms with Crippen molar-refractivity contribution in [3.63, 3.8) is 0 Å². The van der Waals surface area contributed by atoms with Crippen molar-refractivity contribution < 1.29 is 19.7 Å². The fraction of sp³-hybridized carbons (Fsp3) is 0.111. The predicted octanol–water partition coefficient (Wildman–Crippen LogP) is 2.88. The molecule has 0 fully saturated rings. The van der Waals surface area contributed by atoms with E-state index in [-0.39, 0.29) is 11.5 Å². The second kappa shape index (κ2) is 5.68. The molecule has 0 bridgehead atoms. The summed E-state index contributed by atoms with van der Waals surface area (Å²) in [4.78, 5) is 9.22. The van der Waals surface area contributed by atoms with Gasteiger partial charge in [0.1, 0.15) is 11.3 Å². The molecule has 0 atom stereocenters. The zero-order chi connectivity index (χ0) is 18.6. The minimum atomic E-state index is -2.63. The highest BCUT2D eigenvalue weighted by Crippen LogP contribution is 2.40. The lowest BCUT2D eigenvalue weighted by molar-refractivity contribution is -0.385. The monoisotopic (exact) mass is 382 g/mol. The van der Waals surface area contributed by atoms with Gasteiger partial charge in [0.25, 0.3) is 0 Å². The zero-order valence-electron chi connectivity index (χ0n) is 14.1. The molecule has 0 amide bonds. The van der Waals surface area contributed by atoms with Gasteiger partial charge in [-0.3, -0.25) is 14.6 Å². The SMILES string of the molecule is Cc1nc2ccccn2c1-c1csc(Nc2ccc3c(c2)OC(O)(O)O3)n1. The van der Waals surface area contributed by atoms with Crippen LogP contribution >= 0.6 is 11.3 Å². The van der Waals surface area contributed by atoms with Crippen LogP contribution in [0, 0.1) is 6.92 Å². The van der Waals surface area contributed by atoms with E-state index in [1.807, 2.05) is 41.1 Å². The van der Waals surface area contributed by atoms with E-state index in [4.69, 9.17) is 9.47 Å². The number of aromatic nitrogens is 3. The maximum Gasteiger partial charge on any atom is 0.505 e. The van der Waals surface area contributed by atoms with Crippen molar-refractivity contribution in [3.8, 4) is 22.9 Å². The third kappa shape index (κ3) is 2.78. The van der Waals surface area contributed by atoms with E-state index in [1.165, 1.54) is 11.3 Å². The number of ether oxygens (including phenoxy) is 2. The Hall–Kier alpha value is -3.14. The number of fused-ring (bicyclic) bond motifs is 2. The van der Waals surface area contributed by atoms with Crippen molar-refractivity contribution in [2.75, 3.05) is 5.32 Å². The smallest absolute Gasteiger partial charge is 0.403 e. The van der Waals surface area contributed by atoms with E-state index in [0.29, 0.717) is 10.8 Å². The van der Waals surface area contributed by atoms with Crippen LogP contribution in [-0.4, -0.2) is 30.7 Å². The van der Waals surface area contributed by atoms with Gasteiger partial charge in [0.15, 0.2) is 16.6 Å². The summed E-state index contributed by atoms with van der Waals surface area (Å²) >= 11 is 1.46. The highest BCUT2D eigenvalue weighted by molar-refractivity contribution is 7.14. The fourth-order valence-electron chi connectivity index (χ4n) is 3.04. The molecular weight excluding hydrogens is 368 g/mol.